The van der Waals surface area contributed by atoms with Crippen LogP contribution in [-0.4, -0.2) is 47.8 Å². The molecule has 1 atom stereocenters. The van der Waals surface area contributed by atoms with E-state index in [4.69, 9.17) is 0 Å². The zero-order valence-corrected chi connectivity index (χ0v) is 16.0. The molecule has 1 aromatic rings. The first-order chi connectivity index (χ1) is 12.9. The van der Waals surface area contributed by atoms with Crippen molar-refractivity contribution in [1.82, 2.24) is 10.2 Å². The highest BCUT2D eigenvalue weighted by Gasteiger charge is 2.23. The molecule has 8 nitrogen and oxygen atoms in total. The van der Waals surface area contributed by atoms with Crippen LogP contribution in [0.15, 0.2) is 18.2 Å². The highest BCUT2D eigenvalue weighted by molar-refractivity contribution is 5.94. The number of anilines is 1. The summed E-state index contributed by atoms with van der Waals surface area (Å²) >= 11 is 0. The average molecular weight is 376 g/mol. The Balaban J connectivity index is 1.87. The molecule has 0 radical (unpaired) electrons. The lowest BCUT2D eigenvalue weighted by atomic mass is 9.98. The molecule has 0 aromatic heterocycles. The number of rotatable bonds is 8. The van der Waals surface area contributed by atoms with Crippen LogP contribution in [0.3, 0.4) is 0 Å². The topological polar surface area (TPSA) is 105 Å². The molecule has 8 heteroatoms. The molecule has 0 bridgehead atoms. The second-order valence-electron chi connectivity index (χ2n) is 7.12. The van der Waals surface area contributed by atoms with E-state index in [9.17, 15) is 19.7 Å². The Hall–Kier alpha value is -2.48. The number of benzene rings is 1. The molecular weight excluding hydrogens is 348 g/mol. The van der Waals surface area contributed by atoms with Crippen LogP contribution in [0.1, 0.15) is 38.2 Å². The number of nitro benzene ring substituents is 1. The van der Waals surface area contributed by atoms with Gasteiger partial charge in [0, 0.05) is 25.6 Å². The number of aryl methyl sites for hydroxylation is 1. The fourth-order valence-corrected chi connectivity index (χ4v) is 3.33. The van der Waals surface area contributed by atoms with Crippen LogP contribution >= 0.6 is 0 Å². The van der Waals surface area contributed by atoms with Gasteiger partial charge in [0.2, 0.25) is 11.8 Å². The van der Waals surface area contributed by atoms with E-state index in [0.29, 0.717) is 18.9 Å². The van der Waals surface area contributed by atoms with Crippen molar-refractivity contribution >= 4 is 23.2 Å². The van der Waals surface area contributed by atoms with E-state index >= 15 is 0 Å². The number of likely N-dealkylation sites (tertiary alicyclic amines) is 1. The van der Waals surface area contributed by atoms with Crippen LogP contribution in [0, 0.1) is 23.0 Å². The van der Waals surface area contributed by atoms with Crippen molar-refractivity contribution in [2.24, 2.45) is 5.92 Å². The summed E-state index contributed by atoms with van der Waals surface area (Å²) in [7, 11) is 0. The lowest BCUT2D eigenvalue weighted by Gasteiger charge is -2.32. The SMILES string of the molecule is CCCC(=O)NCC1CCCN(CC(=O)Nc2ccc(C)cc2[N+](=O)[O-])C1. The molecule has 2 rings (SSSR count). The first-order valence-electron chi connectivity index (χ1n) is 9.43. The third-order valence-corrected chi connectivity index (χ3v) is 4.66. The summed E-state index contributed by atoms with van der Waals surface area (Å²) < 4.78 is 0. The number of carbonyl (C=O) groups excluding carboxylic acids is 2. The molecule has 148 valence electrons. The zero-order valence-electron chi connectivity index (χ0n) is 16.0. The zero-order chi connectivity index (χ0) is 19.8. The van der Waals surface area contributed by atoms with Gasteiger partial charge in [0.25, 0.3) is 5.69 Å². The van der Waals surface area contributed by atoms with Gasteiger partial charge in [0.15, 0.2) is 0 Å². The second-order valence-corrected chi connectivity index (χ2v) is 7.12. The van der Waals surface area contributed by atoms with E-state index in [0.717, 1.165) is 37.9 Å². The monoisotopic (exact) mass is 376 g/mol. The molecule has 27 heavy (non-hydrogen) atoms. The molecule has 1 aliphatic heterocycles. The predicted octanol–water partition coefficient (Wildman–Crippen LogP) is 2.47. The summed E-state index contributed by atoms with van der Waals surface area (Å²) in [5.74, 6) is 0.123. The Kier molecular flexibility index (Phi) is 7.72. The fraction of sp³-hybridized carbons (Fsp3) is 0.579. The van der Waals surface area contributed by atoms with Gasteiger partial charge in [0.1, 0.15) is 5.69 Å². The van der Waals surface area contributed by atoms with Crippen molar-refractivity contribution in [1.29, 1.82) is 0 Å². The summed E-state index contributed by atoms with van der Waals surface area (Å²) in [6.45, 7) is 6.09. The van der Waals surface area contributed by atoms with Crippen molar-refractivity contribution in [2.75, 3.05) is 31.5 Å². The van der Waals surface area contributed by atoms with Gasteiger partial charge >= 0.3 is 0 Å². The van der Waals surface area contributed by atoms with Crippen LogP contribution in [0.4, 0.5) is 11.4 Å². The average Bonchev–Trinajstić information content (AvgIpc) is 2.62. The van der Waals surface area contributed by atoms with Crippen LogP contribution in [0.2, 0.25) is 0 Å². The van der Waals surface area contributed by atoms with E-state index in [-0.39, 0.29) is 29.7 Å². The Labute approximate surface area is 159 Å². The van der Waals surface area contributed by atoms with Gasteiger partial charge in [-0.05, 0) is 50.3 Å². The quantitative estimate of drug-likeness (QED) is 0.536. The number of nitrogens with one attached hydrogen (secondary N) is 2. The maximum absolute atomic E-state index is 12.4. The number of amides is 2. The molecule has 1 fully saturated rings. The minimum absolute atomic E-state index is 0.0686. The number of hydrogen-bond donors (Lipinski definition) is 2. The van der Waals surface area contributed by atoms with Crippen molar-refractivity contribution in [3.63, 3.8) is 0 Å². The molecule has 2 amide bonds. The van der Waals surface area contributed by atoms with Crippen LogP contribution in [-0.2, 0) is 9.59 Å². The lowest BCUT2D eigenvalue weighted by Crippen LogP contribution is -2.43. The minimum Gasteiger partial charge on any atom is -0.356 e. The molecule has 0 aliphatic carbocycles. The summed E-state index contributed by atoms with van der Waals surface area (Å²) in [5.41, 5.74) is 0.887. The molecule has 1 aliphatic rings. The molecule has 1 aromatic carbocycles. The number of piperidine rings is 1. The largest absolute Gasteiger partial charge is 0.356 e. The molecular formula is C19H28N4O4. The maximum atomic E-state index is 12.4. The maximum Gasteiger partial charge on any atom is 0.293 e. The molecule has 1 unspecified atom stereocenters. The summed E-state index contributed by atoms with van der Waals surface area (Å²) in [6.07, 6.45) is 3.35. The van der Waals surface area contributed by atoms with E-state index in [1.807, 2.05) is 11.8 Å². The van der Waals surface area contributed by atoms with E-state index in [1.54, 1.807) is 19.1 Å². The van der Waals surface area contributed by atoms with Gasteiger partial charge in [-0.15, -0.1) is 0 Å². The van der Waals surface area contributed by atoms with E-state index in [1.165, 1.54) is 6.07 Å². The highest BCUT2D eigenvalue weighted by Crippen LogP contribution is 2.25. The number of hydrogen-bond acceptors (Lipinski definition) is 5. The normalized spacial score (nSPS) is 17.3. The summed E-state index contributed by atoms with van der Waals surface area (Å²) in [6, 6.07) is 4.75. The summed E-state index contributed by atoms with van der Waals surface area (Å²) in [5, 5.41) is 16.8. The molecule has 1 heterocycles. The van der Waals surface area contributed by atoms with Crippen molar-refractivity contribution in [3.05, 3.63) is 33.9 Å². The number of nitro groups is 1. The predicted molar refractivity (Wildman–Crippen MR) is 104 cm³/mol. The lowest BCUT2D eigenvalue weighted by molar-refractivity contribution is -0.384. The fourth-order valence-electron chi connectivity index (χ4n) is 3.33. The summed E-state index contributed by atoms with van der Waals surface area (Å²) in [4.78, 5) is 36.7. The Morgan fingerprint density at radius 2 is 2.11 bits per heavy atom. The molecule has 0 saturated carbocycles. The van der Waals surface area contributed by atoms with Gasteiger partial charge in [0.05, 0.1) is 11.5 Å². The third kappa shape index (κ3) is 6.63. The van der Waals surface area contributed by atoms with Gasteiger partial charge in [-0.1, -0.05) is 13.0 Å². The first-order valence-corrected chi connectivity index (χ1v) is 9.43. The van der Waals surface area contributed by atoms with Crippen molar-refractivity contribution in [2.45, 2.75) is 39.5 Å². The molecule has 1 saturated heterocycles. The number of carbonyl (C=O) groups is 2. The van der Waals surface area contributed by atoms with Gasteiger partial charge in [-0.25, -0.2) is 0 Å². The number of nitrogens with zero attached hydrogens (tertiary/aromatic N) is 2. The standard InChI is InChI=1S/C19H28N4O4/c1-3-5-18(24)20-11-15-6-4-9-22(12-15)13-19(25)21-16-8-7-14(2)10-17(16)23(26)27/h7-8,10,15H,3-6,9,11-13H2,1-2H3,(H,20,24)(H,21,25). The molecule has 0 spiro atoms. The Morgan fingerprint density at radius 3 is 2.81 bits per heavy atom. The van der Waals surface area contributed by atoms with Crippen molar-refractivity contribution in [3.8, 4) is 0 Å². The van der Waals surface area contributed by atoms with Crippen LogP contribution in [0.25, 0.3) is 0 Å². The first kappa shape index (κ1) is 20.8. The van der Waals surface area contributed by atoms with Crippen LogP contribution in [0.5, 0.6) is 0 Å². The van der Waals surface area contributed by atoms with E-state index in [2.05, 4.69) is 10.6 Å². The van der Waals surface area contributed by atoms with Gasteiger partial charge in [-0.2, -0.15) is 0 Å². The molecule has 2 N–H and O–H groups in total. The van der Waals surface area contributed by atoms with Gasteiger partial charge in [-0.3, -0.25) is 24.6 Å². The smallest absolute Gasteiger partial charge is 0.293 e. The van der Waals surface area contributed by atoms with Crippen LogP contribution < -0.4 is 10.6 Å². The van der Waals surface area contributed by atoms with Crippen molar-refractivity contribution < 1.29 is 14.5 Å². The van der Waals surface area contributed by atoms with Gasteiger partial charge < -0.3 is 10.6 Å². The van der Waals surface area contributed by atoms with E-state index < -0.39 is 4.92 Å². The Bertz CT molecular complexity index is 692. The Morgan fingerprint density at radius 1 is 1.33 bits per heavy atom. The third-order valence-electron chi connectivity index (χ3n) is 4.66. The second kappa shape index (κ2) is 10.0. The highest BCUT2D eigenvalue weighted by atomic mass is 16.6. The minimum atomic E-state index is -0.488.